The first-order chi connectivity index (χ1) is 15.1. The maximum absolute atomic E-state index is 12.2. The molecule has 5 heteroatoms. The Morgan fingerprint density at radius 2 is 0.871 bits per heavy atom. The van der Waals surface area contributed by atoms with Crippen molar-refractivity contribution in [2.75, 3.05) is 0 Å². The van der Waals surface area contributed by atoms with Crippen LogP contribution in [-0.4, -0.2) is 0 Å². The molecule has 31 heavy (non-hydrogen) atoms. The van der Waals surface area contributed by atoms with E-state index in [2.05, 4.69) is 0 Å². The molecule has 150 valence electrons. The standard InChI is InChI=1S/C13H7ClOS.C13H8OS/c14-8-5-6-12-10(7-8)13(15)9-3-1-2-4-11(9)16-12;14-13-9-5-1-3-7-11(9)15-12-8-4-2-6-10(12)13/h1-7H;1-8H. The Morgan fingerprint density at radius 3 is 1.35 bits per heavy atom. The molecule has 0 aliphatic heterocycles. The molecule has 0 spiro atoms. The molecule has 0 N–H and O–H groups in total. The Kier molecular flexibility index (Phi) is 5.28. The third-order valence-corrected chi connectivity index (χ3v) is 7.56. The van der Waals surface area contributed by atoms with Gasteiger partial charge in [-0.15, -0.1) is 22.7 Å². The zero-order valence-electron chi connectivity index (χ0n) is 16.2. The summed E-state index contributed by atoms with van der Waals surface area (Å²) in [5, 5.41) is 3.72. The number of hydrogen-bond acceptors (Lipinski definition) is 4. The predicted molar refractivity (Wildman–Crippen MR) is 136 cm³/mol. The third kappa shape index (κ3) is 3.74. The zero-order chi connectivity index (χ0) is 21.4. The molecule has 6 aromatic rings. The maximum atomic E-state index is 12.2. The summed E-state index contributed by atoms with van der Waals surface area (Å²) in [5.41, 5.74) is 0.201. The maximum Gasteiger partial charge on any atom is 0.195 e. The normalized spacial score (nSPS) is 11.0. The van der Waals surface area contributed by atoms with Crippen LogP contribution in [0, 0.1) is 0 Å². The molecule has 0 radical (unpaired) electrons. The van der Waals surface area contributed by atoms with Gasteiger partial charge < -0.3 is 0 Å². The molecule has 0 atom stereocenters. The molecule has 0 amide bonds. The first-order valence-corrected chi connectivity index (χ1v) is 11.6. The van der Waals surface area contributed by atoms with Crippen molar-refractivity contribution in [2.24, 2.45) is 0 Å². The van der Waals surface area contributed by atoms with Crippen LogP contribution in [0.4, 0.5) is 0 Å². The summed E-state index contributed by atoms with van der Waals surface area (Å²) in [4.78, 5) is 24.3. The molecular formula is C26H15ClO2S2. The Morgan fingerprint density at radius 1 is 0.484 bits per heavy atom. The van der Waals surface area contributed by atoms with E-state index in [4.69, 9.17) is 11.6 Å². The van der Waals surface area contributed by atoms with E-state index in [9.17, 15) is 9.59 Å². The molecule has 0 saturated carbocycles. The lowest BCUT2D eigenvalue weighted by Crippen LogP contribution is -2.00. The van der Waals surface area contributed by atoms with Crippen molar-refractivity contribution < 1.29 is 0 Å². The Balaban J connectivity index is 0.000000132. The van der Waals surface area contributed by atoms with Gasteiger partial charge in [0.2, 0.25) is 0 Å². The minimum Gasteiger partial charge on any atom is -0.289 e. The average Bonchev–Trinajstić information content (AvgIpc) is 2.81. The molecule has 0 bridgehead atoms. The van der Waals surface area contributed by atoms with Crippen molar-refractivity contribution in [2.45, 2.75) is 0 Å². The number of fused-ring (bicyclic) bond motifs is 4. The molecule has 0 aliphatic carbocycles. The summed E-state index contributed by atoms with van der Waals surface area (Å²) in [5.74, 6) is 0. The first-order valence-electron chi connectivity index (χ1n) is 9.63. The molecule has 0 aliphatic rings. The lowest BCUT2D eigenvalue weighted by atomic mass is 10.2. The molecule has 6 rings (SSSR count). The minimum absolute atomic E-state index is 0.0619. The van der Waals surface area contributed by atoms with Crippen molar-refractivity contribution in [3.8, 4) is 0 Å². The SMILES string of the molecule is O=c1c2ccccc2sc2ccc(Cl)cc12.O=c1c2ccccc2sc2ccccc12. The Bertz CT molecular complexity index is 1640. The van der Waals surface area contributed by atoms with E-state index < -0.39 is 0 Å². The van der Waals surface area contributed by atoms with E-state index in [1.807, 2.05) is 84.9 Å². The van der Waals surface area contributed by atoms with Gasteiger partial charge in [0.25, 0.3) is 0 Å². The second-order valence-corrected chi connectivity index (χ2v) is 9.60. The molecule has 0 unspecified atom stereocenters. The van der Waals surface area contributed by atoms with Gasteiger partial charge in [-0.3, -0.25) is 9.59 Å². The fraction of sp³-hybridized carbons (Fsp3) is 0. The molecule has 0 saturated heterocycles. The lowest BCUT2D eigenvalue weighted by Gasteiger charge is -2.00. The van der Waals surface area contributed by atoms with Crippen molar-refractivity contribution >= 4 is 74.6 Å². The highest BCUT2D eigenvalue weighted by Crippen LogP contribution is 2.26. The Hall–Kier alpha value is -3.05. The van der Waals surface area contributed by atoms with Gasteiger partial charge in [-0.25, -0.2) is 0 Å². The number of halogens is 1. The van der Waals surface area contributed by atoms with E-state index in [-0.39, 0.29) is 10.9 Å². The molecule has 2 nitrogen and oxygen atoms in total. The van der Waals surface area contributed by atoms with Crippen LogP contribution < -0.4 is 10.9 Å². The van der Waals surface area contributed by atoms with Crippen LogP contribution in [0.5, 0.6) is 0 Å². The monoisotopic (exact) mass is 458 g/mol. The number of rotatable bonds is 0. The van der Waals surface area contributed by atoms with Crippen molar-refractivity contribution in [3.05, 3.63) is 116 Å². The summed E-state index contributed by atoms with van der Waals surface area (Å²) < 4.78 is 4.11. The van der Waals surface area contributed by atoms with Crippen LogP contribution in [0.2, 0.25) is 5.02 Å². The van der Waals surface area contributed by atoms with Crippen LogP contribution in [0.3, 0.4) is 0 Å². The molecule has 2 heterocycles. The zero-order valence-corrected chi connectivity index (χ0v) is 18.6. The average molecular weight is 459 g/mol. The molecular weight excluding hydrogens is 444 g/mol. The quantitative estimate of drug-likeness (QED) is 0.221. The van der Waals surface area contributed by atoms with Crippen LogP contribution in [-0.2, 0) is 0 Å². The van der Waals surface area contributed by atoms with Crippen molar-refractivity contribution in [3.63, 3.8) is 0 Å². The predicted octanol–water partition coefficient (Wildman–Crippen LogP) is 7.48. The van der Waals surface area contributed by atoms with E-state index >= 15 is 0 Å². The Labute approximate surface area is 190 Å². The lowest BCUT2D eigenvalue weighted by molar-refractivity contribution is 1.74. The van der Waals surface area contributed by atoms with Gasteiger partial charge in [0.1, 0.15) is 0 Å². The summed E-state index contributed by atoms with van der Waals surface area (Å²) >= 11 is 9.19. The highest BCUT2D eigenvalue weighted by molar-refractivity contribution is 7.24. The third-order valence-electron chi connectivity index (χ3n) is 5.02. The largest absolute Gasteiger partial charge is 0.289 e. The van der Waals surface area contributed by atoms with E-state index in [1.165, 1.54) is 0 Å². The topological polar surface area (TPSA) is 34.1 Å². The van der Waals surface area contributed by atoms with Crippen LogP contribution in [0.15, 0.2) is 101 Å². The van der Waals surface area contributed by atoms with Crippen LogP contribution >= 0.6 is 34.3 Å². The highest BCUT2D eigenvalue weighted by atomic mass is 35.5. The van der Waals surface area contributed by atoms with Crippen LogP contribution in [0.1, 0.15) is 0 Å². The summed E-state index contributed by atoms with van der Waals surface area (Å²) in [6.07, 6.45) is 0. The van der Waals surface area contributed by atoms with Gasteiger partial charge in [-0.2, -0.15) is 0 Å². The fourth-order valence-electron chi connectivity index (χ4n) is 3.53. The van der Waals surface area contributed by atoms with E-state index in [0.717, 1.165) is 35.0 Å². The first kappa shape index (κ1) is 19.9. The summed E-state index contributed by atoms with van der Waals surface area (Å²) in [6.45, 7) is 0. The molecule has 0 fully saturated rings. The second kappa shape index (κ2) is 8.23. The van der Waals surface area contributed by atoms with Crippen LogP contribution in [0.25, 0.3) is 40.3 Å². The second-order valence-electron chi connectivity index (χ2n) is 6.99. The fourth-order valence-corrected chi connectivity index (χ4v) is 5.82. The molecule has 2 aromatic heterocycles. The van der Waals surface area contributed by atoms with Gasteiger partial charge in [0.15, 0.2) is 10.9 Å². The summed E-state index contributed by atoms with van der Waals surface area (Å²) in [7, 11) is 0. The minimum atomic E-state index is 0.0619. The van der Waals surface area contributed by atoms with Gasteiger partial charge in [0, 0.05) is 45.4 Å². The summed E-state index contributed by atoms with van der Waals surface area (Å²) in [6, 6.07) is 28.6. The van der Waals surface area contributed by atoms with E-state index in [0.29, 0.717) is 10.4 Å². The number of benzene rings is 4. The smallest absolute Gasteiger partial charge is 0.195 e. The van der Waals surface area contributed by atoms with Gasteiger partial charge in [0.05, 0.1) is 0 Å². The van der Waals surface area contributed by atoms with E-state index in [1.54, 1.807) is 28.7 Å². The van der Waals surface area contributed by atoms with Crippen molar-refractivity contribution in [1.29, 1.82) is 0 Å². The number of hydrogen-bond donors (Lipinski definition) is 0. The highest BCUT2D eigenvalue weighted by Gasteiger charge is 2.05. The van der Waals surface area contributed by atoms with Gasteiger partial charge >= 0.3 is 0 Å². The molecule has 4 aromatic carbocycles. The van der Waals surface area contributed by atoms with Gasteiger partial charge in [-0.1, -0.05) is 48.0 Å². The van der Waals surface area contributed by atoms with Crippen molar-refractivity contribution in [1.82, 2.24) is 0 Å². The van der Waals surface area contributed by atoms with Gasteiger partial charge in [-0.05, 0) is 54.6 Å².